The van der Waals surface area contributed by atoms with Crippen molar-refractivity contribution in [1.29, 1.82) is 0 Å². The zero-order chi connectivity index (χ0) is 16.5. The number of hydrogen-bond donors (Lipinski definition) is 2. The summed E-state index contributed by atoms with van der Waals surface area (Å²) in [5.74, 6) is 0.0483. The Morgan fingerprint density at radius 1 is 1.42 bits per heavy atom. The van der Waals surface area contributed by atoms with Gasteiger partial charge < -0.3 is 10.6 Å². The van der Waals surface area contributed by atoms with Gasteiger partial charge in [0.15, 0.2) is 5.82 Å². The molecule has 0 bridgehead atoms. The van der Waals surface area contributed by atoms with E-state index >= 15 is 0 Å². The Hall–Kier alpha value is -2.87. The highest BCUT2D eigenvalue weighted by atomic mass is 19.1. The molecule has 1 amide bonds. The molecule has 3 aromatic rings. The van der Waals surface area contributed by atoms with Gasteiger partial charge in [-0.1, -0.05) is 6.07 Å². The van der Waals surface area contributed by atoms with Crippen molar-refractivity contribution in [3.05, 3.63) is 53.4 Å². The van der Waals surface area contributed by atoms with E-state index in [9.17, 15) is 9.18 Å². The van der Waals surface area contributed by atoms with E-state index in [-0.39, 0.29) is 23.8 Å². The van der Waals surface area contributed by atoms with Gasteiger partial charge in [-0.3, -0.25) is 4.79 Å². The molecule has 1 aromatic carbocycles. The molecule has 0 unspecified atom stereocenters. The van der Waals surface area contributed by atoms with Gasteiger partial charge in [-0.05, 0) is 36.2 Å². The van der Waals surface area contributed by atoms with E-state index in [0.717, 1.165) is 12.1 Å². The smallest absolute Gasteiger partial charge is 0.252 e. The zero-order valence-electron chi connectivity index (χ0n) is 12.8. The highest BCUT2D eigenvalue weighted by Crippen LogP contribution is 2.24. The Morgan fingerprint density at radius 2 is 2.33 bits per heavy atom. The van der Waals surface area contributed by atoms with Gasteiger partial charge in [0.2, 0.25) is 5.91 Å². The average molecular weight is 326 g/mol. The summed E-state index contributed by atoms with van der Waals surface area (Å²) in [6.07, 6.45) is 3.88. The molecule has 0 radical (unpaired) electrons. The maximum Gasteiger partial charge on any atom is 0.252 e. The van der Waals surface area contributed by atoms with Crippen LogP contribution < -0.4 is 10.6 Å². The number of rotatable bonds is 3. The molecule has 0 saturated heterocycles. The predicted molar refractivity (Wildman–Crippen MR) is 84.9 cm³/mol. The number of carbonyl (C=O) groups is 1. The first-order valence-electron chi connectivity index (χ1n) is 7.68. The lowest BCUT2D eigenvalue weighted by Crippen LogP contribution is -2.25. The fourth-order valence-electron chi connectivity index (χ4n) is 2.82. The molecule has 0 fully saturated rings. The van der Waals surface area contributed by atoms with E-state index in [0.29, 0.717) is 30.1 Å². The first kappa shape index (κ1) is 14.7. The minimum Gasteiger partial charge on any atom is -0.323 e. The van der Waals surface area contributed by atoms with Crippen LogP contribution in [0.15, 0.2) is 30.6 Å². The topological polar surface area (TPSA) is 84.2 Å². The lowest BCUT2D eigenvalue weighted by atomic mass is 9.99. The molecule has 7 nitrogen and oxygen atoms in total. The van der Waals surface area contributed by atoms with Gasteiger partial charge in [-0.15, -0.1) is 5.10 Å². The molecule has 1 aliphatic heterocycles. The van der Waals surface area contributed by atoms with Crippen molar-refractivity contribution in [2.75, 3.05) is 11.9 Å². The first-order chi connectivity index (χ1) is 11.7. The SMILES string of the molecule is O=C(Cc1nc2ncccn2n1)Nc1ccc2c(c1F)CCNC2. The third-order valence-corrected chi connectivity index (χ3v) is 3.96. The van der Waals surface area contributed by atoms with Gasteiger partial charge in [0.1, 0.15) is 5.82 Å². The highest BCUT2D eigenvalue weighted by molar-refractivity contribution is 5.92. The normalized spacial score (nSPS) is 13.7. The third-order valence-electron chi connectivity index (χ3n) is 3.96. The van der Waals surface area contributed by atoms with Crippen LogP contribution in [-0.2, 0) is 24.2 Å². The standard InChI is InChI=1S/C16H15FN6O/c17-15-11-4-6-18-9-10(11)2-3-12(15)20-14(24)8-13-21-16-19-5-1-7-23(16)22-13/h1-3,5,7,18H,4,6,8-9H2,(H,20,24). The van der Waals surface area contributed by atoms with E-state index in [1.54, 1.807) is 24.5 Å². The van der Waals surface area contributed by atoms with Crippen molar-refractivity contribution in [3.8, 4) is 0 Å². The van der Waals surface area contributed by atoms with E-state index < -0.39 is 0 Å². The maximum absolute atomic E-state index is 14.5. The number of hydrogen-bond acceptors (Lipinski definition) is 5. The molecule has 2 N–H and O–H groups in total. The number of halogens is 1. The van der Waals surface area contributed by atoms with Crippen LogP contribution in [0.25, 0.3) is 5.78 Å². The lowest BCUT2D eigenvalue weighted by Gasteiger charge is -2.19. The molecule has 0 aliphatic carbocycles. The van der Waals surface area contributed by atoms with Crippen LogP contribution in [0.2, 0.25) is 0 Å². The van der Waals surface area contributed by atoms with Crippen LogP contribution in [-0.4, -0.2) is 32.0 Å². The molecule has 24 heavy (non-hydrogen) atoms. The fourth-order valence-corrected chi connectivity index (χ4v) is 2.82. The quantitative estimate of drug-likeness (QED) is 0.753. The van der Waals surface area contributed by atoms with Crippen LogP contribution in [0.3, 0.4) is 0 Å². The number of anilines is 1. The van der Waals surface area contributed by atoms with E-state index in [2.05, 4.69) is 25.7 Å². The Bertz CT molecular complexity index is 889. The van der Waals surface area contributed by atoms with Gasteiger partial charge in [0, 0.05) is 18.9 Å². The minimum absolute atomic E-state index is 0.0402. The molecule has 122 valence electrons. The predicted octanol–water partition coefficient (Wildman–Crippen LogP) is 1.09. The summed E-state index contributed by atoms with van der Waals surface area (Å²) in [7, 11) is 0. The number of aromatic nitrogens is 4. The molecule has 0 spiro atoms. The Morgan fingerprint density at radius 3 is 3.21 bits per heavy atom. The summed E-state index contributed by atoms with van der Waals surface area (Å²) < 4.78 is 16.0. The second-order valence-electron chi connectivity index (χ2n) is 5.61. The first-order valence-corrected chi connectivity index (χ1v) is 7.68. The van der Waals surface area contributed by atoms with Crippen LogP contribution in [0.1, 0.15) is 17.0 Å². The third kappa shape index (κ3) is 2.71. The summed E-state index contributed by atoms with van der Waals surface area (Å²) in [4.78, 5) is 20.4. The summed E-state index contributed by atoms with van der Waals surface area (Å²) in [5.41, 5.74) is 1.80. The average Bonchev–Trinajstić information content (AvgIpc) is 2.99. The van der Waals surface area contributed by atoms with Crippen molar-refractivity contribution in [3.63, 3.8) is 0 Å². The Labute approximate surface area is 136 Å². The largest absolute Gasteiger partial charge is 0.323 e. The van der Waals surface area contributed by atoms with E-state index in [1.807, 2.05) is 6.07 Å². The van der Waals surface area contributed by atoms with Crippen LogP contribution in [0.5, 0.6) is 0 Å². The lowest BCUT2D eigenvalue weighted by molar-refractivity contribution is -0.115. The minimum atomic E-state index is -0.362. The van der Waals surface area contributed by atoms with Crippen molar-refractivity contribution >= 4 is 17.4 Å². The molecule has 2 aromatic heterocycles. The van der Waals surface area contributed by atoms with Gasteiger partial charge in [0.05, 0.1) is 12.1 Å². The Balaban J connectivity index is 1.51. The second kappa shape index (κ2) is 5.97. The van der Waals surface area contributed by atoms with E-state index in [1.165, 1.54) is 4.52 Å². The zero-order valence-corrected chi connectivity index (χ0v) is 12.8. The van der Waals surface area contributed by atoms with E-state index in [4.69, 9.17) is 0 Å². The molecule has 8 heteroatoms. The summed E-state index contributed by atoms with van der Waals surface area (Å²) in [6.45, 7) is 1.39. The van der Waals surface area contributed by atoms with Gasteiger partial charge in [-0.25, -0.2) is 13.9 Å². The summed E-state index contributed by atoms with van der Waals surface area (Å²) >= 11 is 0. The number of fused-ring (bicyclic) bond motifs is 2. The Kier molecular flexibility index (Phi) is 3.66. The van der Waals surface area contributed by atoms with Crippen molar-refractivity contribution < 1.29 is 9.18 Å². The van der Waals surface area contributed by atoms with Crippen molar-refractivity contribution in [2.24, 2.45) is 0 Å². The molecular weight excluding hydrogens is 311 g/mol. The number of carbonyl (C=O) groups excluding carboxylic acids is 1. The molecule has 0 atom stereocenters. The molecule has 3 heterocycles. The number of amides is 1. The highest BCUT2D eigenvalue weighted by Gasteiger charge is 2.18. The molecular formula is C16H15FN6O. The van der Waals surface area contributed by atoms with Crippen molar-refractivity contribution in [2.45, 2.75) is 19.4 Å². The number of nitrogens with zero attached hydrogens (tertiary/aromatic N) is 4. The molecule has 1 aliphatic rings. The molecule has 0 saturated carbocycles. The summed E-state index contributed by atoms with van der Waals surface area (Å²) in [5, 5.41) is 9.97. The fraction of sp³-hybridized carbons (Fsp3) is 0.250. The van der Waals surface area contributed by atoms with Crippen molar-refractivity contribution in [1.82, 2.24) is 24.9 Å². The second-order valence-corrected chi connectivity index (χ2v) is 5.61. The molecule has 4 rings (SSSR count). The summed E-state index contributed by atoms with van der Waals surface area (Å²) in [6, 6.07) is 5.16. The number of nitrogens with one attached hydrogen (secondary N) is 2. The number of benzene rings is 1. The van der Waals surface area contributed by atoms with Crippen LogP contribution in [0.4, 0.5) is 10.1 Å². The van der Waals surface area contributed by atoms with Crippen LogP contribution >= 0.6 is 0 Å². The van der Waals surface area contributed by atoms with Gasteiger partial charge in [-0.2, -0.15) is 4.98 Å². The van der Waals surface area contributed by atoms with Gasteiger partial charge in [0.25, 0.3) is 5.78 Å². The maximum atomic E-state index is 14.5. The van der Waals surface area contributed by atoms with Gasteiger partial charge >= 0.3 is 0 Å². The van der Waals surface area contributed by atoms with Crippen LogP contribution in [0, 0.1) is 5.82 Å². The monoisotopic (exact) mass is 326 g/mol.